The standard InChI is InChI=1S/C15H20N2O5S/c1-20-11-6-10(7-12(21-2)14(11)22-3)8-16-13(18)9-17-4-5-23-15(17)19/h6-7H,4-5,8-9H2,1-3H3,(H,16,18). The van der Waals surface area contributed by atoms with E-state index in [9.17, 15) is 9.59 Å². The van der Waals surface area contributed by atoms with Crippen LogP contribution in [0.4, 0.5) is 4.79 Å². The number of rotatable bonds is 7. The molecule has 1 aliphatic heterocycles. The second-order valence-electron chi connectivity index (χ2n) is 4.85. The zero-order valence-electron chi connectivity index (χ0n) is 13.4. The van der Waals surface area contributed by atoms with Crippen LogP contribution in [0.15, 0.2) is 12.1 Å². The van der Waals surface area contributed by atoms with E-state index >= 15 is 0 Å². The monoisotopic (exact) mass is 340 g/mol. The molecule has 0 radical (unpaired) electrons. The number of nitrogens with zero attached hydrogens (tertiary/aromatic N) is 1. The van der Waals surface area contributed by atoms with E-state index in [1.54, 1.807) is 12.1 Å². The lowest BCUT2D eigenvalue weighted by molar-refractivity contribution is -0.121. The van der Waals surface area contributed by atoms with Crippen molar-refractivity contribution < 1.29 is 23.8 Å². The Bertz CT molecular complexity index is 568. The Morgan fingerprint density at radius 2 is 1.87 bits per heavy atom. The molecule has 0 unspecified atom stereocenters. The molecular weight excluding hydrogens is 320 g/mol. The second-order valence-corrected chi connectivity index (χ2v) is 5.89. The Kier molecular flexibility index (Phi) is 5.97. The number of nitrogens with one attached hydrogen (secondary N) is 1. The minimum Gasteiger partial charge on any atom is -0.493 e. The molecule has 1 aromatic rings. The molecule has 2 amide bonds. The molecule has 2 rings (SSSR count). The number of hydrogen-bond acceptors (Lipinski definition) is 6. The maximum Gasteiger partial charge on any atom is 0.282 e. The third kappa shape index (κ3) is 4.22. The minimum absolute atomic E-state index is 0.0482. The van der Waals surface area contributed by atoms with Gasteiger partial charge in [0, 0.05) is 18.8 Å². The SMILES string of the molecule is COc1cc(CNC(=O)CN2CCSC2=O)cc(OC)c1OC. The van der Waals surface area contributed by atoms with E-state index in [2.05, 4.69) is 5.32 Å². The van der Waals surface area contributed by atoms with Gasteiger partial charge in [0.1, 0.15) is 6.54 Å². The van der Waals surface area contributed by atoms with Gasteiger partial charge >= 0.3 is 0 Å². The highest BCUT2D eigenvalue weighted by atomic mass is 32.2. The maximum absolute atomic E-state index is 11.9. The highest BCUT2D eigenvalue weighted by Crippen LogP contribution is 2.38. The molecule has 0 bridgehead atoms. The smallest absolute Gasteiger partial charge is 0.282 e. The summed E-state index contributed by atoms with van der Waals surface area (Å²) in [5.74, 6) is 2.10. The van der Waals surface area contributed by atoms with Crippen molar-refractivity contribution in [2.75, 3.05) is 40.2 Å². The van der Waals surface area contributed by atoms with E-state index in [-0.39, 0.29) is 17.7 Å². The van der Waals surface area contributed by atoms with Crippen LogP contribution in [-0.2, 0) is 11.3 Å². The van der Waals surface area contributed by atoms with Gasteiger partial charge in [-0.15, -0.1) is 0 Å². The summed E-state index contributed by atoms with van der Waals surface area (Å²) in [5, 5.41) is 2.74. The molecular formula is C15H20N2O5S. The van der Waals surface area contributed by atoms with Gasteiger partial charge in [0.05, 0.1) is 21.3 Å². The quantitative estimate of drug-likeness (QED) is 0.810. The highest BCUT2D eigenvalue weighted by Gasteiger charge is 2.23. The van der Waals surface area contributed by atoms with Gasteiger partial charge < -0.3 is 24.4 Å². The third-order valence-corrected chi connectivity index (χ3v) is 4.29. The predicted molar refractivity (Wildman–Crippen MR) is 87.4 cm³/mol. The number of methoxy groups -OCH3 is 3. The third-order valence-electron chi connectivity index (χ3n) is 3.39. The van der Waals surface area contributed by atoms with E-state index < -0.39 is 0 Å². The van der Waals surface area contributed by atoms with E-state index in [4.69, 9.17) is 14.2 Å². The van der Waals surface area contributed by atoms with Gasteiger partial charge in [0.25, 0.3) is 5.24 Å². The average Bonchev–Trinajstić information content (AvgIpc) is 2.96. The lowest BCUT2D eigenvalue weighted by atomic mass is 10.1. The van der Waals surface area contributed by atoms with E-state index in [0.29, 0.717) is 30.3 Å². The van der Waals surface area contributed by atoms with Crippen molar-refractivity contribution in [1.29, 1.82) is 0 Å². The molecule has 1 N–H and O–H groups in total. The maximum atomic E-state index is 11.9. The van der Waals surface area contributed by atoms with Crippen LogP contribution in [0.2, 0.25) is 0 Å². The lowest BCUT2D eigenvalue weighted by Crippen LogP contribution is -2.36. The number of hydrogen-bond donors (Lipinski definition) is 1. The van der Waals surface area contributed by atoms with Crippen LogP contribution in [0.1, 0.15) is 5.56 Å². The molecule has 1 aromatic carbocycles. The number of ether oxygens (including phenoxy) is 3. The molecule has 1 aliphatic rings. The van der Waals surface area contributed by atoms with Gasteiger partial charge in [-0.05, 0) is 17.7 Å². The summed E-state index contributed by atoms with van der Waals surface area (Å²) in [5.41, 5.74) is 0.815. The van der Waals surface area contributed by atoms with Crippen LogP contribution in [0.5, 0.6) is 17.2 Å². The van der Waals surface area contributed by atoms with Crippen molar-refractivity contribution in [2.24, 2.45) is 0 Å². The van der Waals surface area contributed by atoms with E-state index in [1.165, 1.54) is 38.0 Å². The highest BCUT2D eigenvalue weighted by molar-refractivity contribution is 8.13. The molecule has 23 heavy (non-hydrogen) atoms. The number of thioether (sulfide) groups is 1. The van der Waals surface area contributed by atoms with Crippen molar-refractivity contribution >= 4 is 22.9 Å². The normalized spacial score (nSPS) is 13.9. The number of benzene rings is 1. The van der Waals surface area contributed by atoms with Crippen molar-refractivity contribution in [3.63, 3.8) is 0 Å². The van der Waals surface area contributed by atoms with E-state index in [0.717, 1.165) is 11.3 Å². The summed E-state index contributed by atoms with van der Waals surface area (Å²) in [6, 6.07) is 3.55. The first-order valence-corrected chi connectivity index (χ1v) is 8.05. The molecule has 0 atom stereocenters. The minimum atomic E-state index is -0.199. The molecule has 1 heterocycles. The summed E-state index contributed by atoms with van der Waals surface area (Å²) >= 11 is 1.24. The van der Waals surface area contributed by atoms with Gasteiger partial charge in [0.15, 0.2) is 11.5 Å². The number of carbonyl (C=O) groups excluding carboxylic acids is 2. The molecule has 1 saturated heterocycles. The van der Waals surface area contributed by atoms with Crippen LogP contribution < -0.4 is 19.5 Å². The first-order valence-electron chi connectivity index (χ1n) is 7.06. The van der Waals surface area contributed by atoms with Crippen LogP contribution in [0, 0.1) is 0 Å². The summed E-state index contributed by atoms with van der Waals surface area (Å²) in [7, 11) is 4.61. The van der Waals surface area contributed by atoms with E-state index in [1.807, 2.05) is 0 Å². The Labute approximate surface area is 139 Å². The number of carbonyl (C=O) groups is 2. The molecule has 0 aromatic heterocycles. The second kappa shape index (κ2) is 7.96. The first kappa shape index (κ1) is 17.3. The van der Waals surface area contributed by atoms with Gasteiger partial charge in [0.2, 0.25) is 11.7 Å². The van der Waals surface area contributed by atoms with Gasteiger partial charge in [-0.2, -0.15) is 0 Å². The van der Waals surface area contributed by atoms with Crippen LogP contribution in [0.25, 0.3) is 0 Å². The largest absolute Gasteiger partial charge is 0.493 e. The molecule has 8 heteroatoms. The lowest BCUT2D eigenvalue weighted by Gasteiger charge is -2.16. The fraction of sp³-hybridized carbons (Fsp3) is 0.467. The molecule has 0 spiro atoms. The summed E-state index contributed by atoms with van der Waals surface area (Å²) in [4.78, 5) is 25.0. The van der Waals surface area contributed by atoms with Gasteiger partial charge in [-0.3, -0.25) is 9.59 Å². The fourth-order valence-electron chi connectivity index (χ4n) is 2.24. The van der Waals surface area contributed by atoms with Gasteiger partial charge in [-0.1, -0.05) is 11.8 Å². The molecule has 1 fully saturated rings. The molecule has 126 valence electrons. The molecule has 0 aliphatic carbocycles. The predicted octanol–water partition coefficient (Wildman–Crippen LogP) is 1.50. The fourth-order valence-corrected chi connectivity index (χ4v) is 3.06. The molecule has 0 saturated carbocycles. The van der Waals surface area contributed by atoms with Crippen molar-refractivity contribution in [1.82, 2.24) is 10.2 Å². The topological polar surface area (TPSA) is 77.1 Å². The Morgan fingerprint density at radius 1 is 1.22 bits per heavy atom. The van der Waals surface area contributed by atoms with Crippen LogP contribution >= 0.6 is 11.8 Å². The van der Waals surface area contributed by atoms with Crippen LogP contribution in [-0.4, -0.2) is 56.2 Å². The van der Waals surface area contributed by atoms with Crippen molar-refractivity contribution in [2.45, 2.75) is 6.54 Å². The summed E-state index contributed by atoms with van der Waals surface area (Å²) in [6.45, 7) is 1.00. The van der Waals surface area contributed by atoms with Gasteiger partial charge in [-0.25, -0.2) is 0 Å². The summed E-state index contributed by atoms with van der Waals surface area (Å²) in [6.07, 6.45) is 0. The summed E-state index contributed by atoms with van der Waals surface area (Å²) < 4.78 is 15.8. The first-order chi connectivity index (χ1) is 11.1. The Balaban J connectivity index is 1.99. The zero-order valence-corrected chi connectivity index (χ0v) is 14.2. The van der Waals surface area contributed by atoms with Crippen LogP contribution in [0.3, 0.4) is 0 Å². The molecule has 7 nitrogen and oxygen atoms in total. The zero-order chi connectivity index (χ0) is 16.8. The Morgan fingerprint density at radius 3 is 2.35 bits per heavy atom. The van der Waals surface area contributed by atoms with Crippen molar-refractivity contribution in [3.05, 3.63) is 17.7 Å². The van der Waals surface area contributed by atoms with Crippen molar-refractivity contribution in [3.8, 4) is 17.2 Å². The number of amides is 2. The average molecular weight is 340 g/mol. The Hall–Kier alpha value is -2.09.